The van der Waals surface area contributed by atoms with Gasteiger partial charge in [-0.05, 0) is 25.0 Å². The molecule has 0 unspecified atom stereocenters. The van der Waals surface area contributed by atoms with E-state index in [1.54, 1.807) is 24.4 Å². The standard InChI is InChI=1S/C15H19FN4O2/c16-15(12-3-1-2-6-17-12)4-8-19(9-5-15)11-13(21)20-10-7-18-14(20)22/h1-3,6H,4-5,7-11H2,(H,18,22). The first-order valence-electron chi connectivity index (χ1n) is 7.49. The lowest BCUT2D eigenvalue weighted by atomic mass is 9.89. The maximum atomic E-state index is 14.9. The Morgan fingerprint density at radius 2 is 2.09 bits per heavy atom. The predicted octanol–water partition coefficient (Wildman–Crippen LogP) is 0.894. The fourth-order valence-corrected chi connectivity index (χ4v) is 2.94. The van der Waals surface area contributed by atoms with E-state index in [1.807, 2.05) is 4.90 Å². The molecule has 3 amide bonds. The monoisotopic (exact) mass is 306 g/mol. The normalized spacial score (nSPS) is 21.7. The Kier molecular flexibility index (Phi) is 4.06. The average molecular weight is 306 g/mol. The van der Waals surface area contributed by atoms with Gasteiger partial charge in [0, 0.05) is 32.4 Å². The van der Waals surface area contributed by atoms with Crippen LogP contribution >= 0.6 is 0 Å². The van der Waals surface area contributed by atoms with Gasteiger partial charge in [0.1, 0.15) is 0 Å². The lowest BCUT2D eigenvalue weighted by Crippen LogP contribution is -2.47. The van der Waals surface area contributed by atoms with E-state index in [4.69, 9.17) is 0 Å². The number of pyridine rings is 1. The Balaban J connectivity index is 1.56. The van der Waals surface area contributed by atoms with Crippen LogP contribution in [0.1, 0.15) is 18.5 Å². The number of imide groups is 1. The molecule has 0 spiro atoms. The number of nitrogens with zero attached hydrogens (tertiary/aromatic N) is 3. The summed E-state index contributed by atoms with van der Waals surface area (Å²) in [6, 6.07) is 4.92. The van der Waals surface area contributed by atoms with Gasteiger partial charge in [-0.1, -0.05) is 6.07 Å². The van der Waals surface area contributed by atoms with Gasteiger partial charge < -0.3 is 5.32 Å². The SMILES string of the molecule is O=C(CN1CCC(F)(c2ccccn2)CC1)N1CCNC1=O. The second kappa shape index (κ2) is 6.00. The van der Waals surface area contributed by atoms with Crippen molar-refractivity contribution in [3.05, 3.63) is 30.1 Å². The minimum atomic E-state index is -1.42. The van der Waals surface area contributed by atoms with E-state index in [-0.39, 0.29) is 18.5 Å². The third-order valence-corrected chi connectivity index (χ3v) is 4.29. The van der Waals surface area contributed by atoms with E-state index in [2.05, 4.69) is 10.3 Å². The molecule has 2 saturated heterocycles. The molecule has 2 fully saturated rings. The second-order valence-corrected chi connectivity index (χ2v) is 5.73. The molecular weight excluding hydrogens is 287 g/mol. The van der Waals surface area contributed by atoms with Crippen LogP contribution in [0.4, 0.5) is 9.18 Å². The third-order valence-electron chi connectivity index (χ3n) is 4.29. The summed E-state index contributed by atoms with van der Waals surface area (Å²) in [6.07, 6.45) is 2.21. The molecule has 3 rings (SSSR count). The fourth-order valence-electron chi connectivity index (χ4n) is 2.94. The van der Waals surface area contributed by atoms with Gasteiger partial charge in [0.05, 0.1) is 12.2 Å². The average Bonchev–Trinajstić information content (AvgIpc) is 2.97. The summed E-state index contributed by atoms with van der Waals surface area (Å²) < 4.78 is 14.9. The molecule has 2 aliphatic rings. The van der Waals surface area contributed by atoms with Gasteiger partial charge in [-0.2, -0.15) is 0 Å². The summed E-state index contributed by atoms with van der Waals surface area (Å²) in [5, 5.41) is 2.60. The Morgan fingerprint density at radius 1 is 1.32 bits per heavy atom. The van der Waals surface area contributed by atoms with Crippen molar-refractivity contribution >= 4 is 11.9 Å². The van der Waals surface area contributed by atoms with Gasteiger partial charge in [0.2, 0.25) is 5.91 Å². The number of rotatable bonds is 3. The van der Waals surface area contributed by atoms with Gasteiger partial charge in [0.25, 0.3) is 0 Å². The molecule has 6 nitrogen and oxygen atoms in total. The van der Waals surface area contributed by atoms with Crippen LogP contribution in [0.5, 0.6) is 0 Å². The van der Waals surface area contributed by atoms with E-state index < -0.39 is 5.67 Å². The Labute approximate surface area is 128 Å². The molecular formula is C15H19FN4O2. The zero-order valence-corrected chi connectivity index (χ0v) is 12.3. The van der Waals surface area contributed by atoms with Crippen molar-refractivity contribution in [2.45, 2.75) is 18.5 Å². The second-order valence-electron chi connectivity index (χ2n) is 5.73. The number of nitrogens with one attached hydrogen (secondary N) is 1. The number of carbonyl (C=O) groups excluding carboxylic acids is 2. The summed E-state index contributed by atoms with van der Waals surface area (Å²) in [6.45, 7) is 2.03. The maximum absolute atomic E-state index is 14.9. The summed E-state index contributed by atoms with van der Waals surface area (Å²) in [5.74, 6) is -0.223. The van der Waals surface area contributed by atoms with E-state index in [0.29, 0.717) is 44.7 Å². The quantitative estimate of drug-likeness (QED) is 0.901. The summed E-state index contributed by atoms with van der Waals surface area (Å²) in [5.41, 5.74) is -0.967. The number of hydrogen-bond acceptors (Lipinski definition) is 4. The number of amides is 3. The minimum absolute atomic E-state index is 0.158. The Morgan fingerprint density at radius 3 is 2.68 bits per heavy atom. The van der Waals surface area contributed by atoms with Crippen LogP contribution in [0.25, 0.3) is 0 Å². The van der Waals surface area contributed by atoms with Gasteiger partial charge in [0.15, 0.2) is 5.67 Å². The fraction of sp³-hybridized carbons (Fsp3) is 0.533. The number of aromatic nitrogens is 1. The molecule has 1 N–H and O–H groups in total. The van der Waals surface area contributed by atoms with Gasteiger partial charge in [-0.15, -0.1) is 0 Å². The lowest BCUT2D eigenvalue weighted by molar-refractivity contribution is -0.129. The van der Waals surface area contributed by atoms with Crippen LogP contribution in [0, 0.1) is 0 Å². The van der Waals surface area contributed by atoms with Gasteiger partial charge in [-0.25, -0.2) is 9.18 Å². The van der Waals surface area contributed by atoms with Gasteiger partial charge >= 0.3 is 6.03 Å². The predicted molar refractivity (Wildman–Crippen MR) is 77.8 cm³/mol. The molecule has 0 saturated carbocycles. The van der Waals surface area contributed by atoms with Crippen LogP contribution in [0.2, 0.25) is 0 Å². The molecule has 0 atom stereocenters. The zero-order valence-electron chi connectivity index (χ0n) is 12.3. The molecule has 0 radical (unpaired) electrons. The number of carbonyl (C=O) groups is 2. The van der Waals surface area contributed by atoms with Crippen LogP contribution in [0.15, 0.2) is 24.4 Å². The molecule has 1 aromatic heterocycles. The van der Waals surface area contributed by atoms with Crippen molar-refractivity contribution in [3.8, 4) is 0 Å². The van der Waals surface area contributed by atoms with E-state index >= 15 is 0 Å². The first-order valence-corrected chi connectivity index (χ1v) is 7.49. The zero-order chi connectivity index (χ0) is 15.6. The number of alkyl halides is 1. The molecule has 0 aromatic carbocycles. The number of piperidine rings is 1. The van der Waals surface area contributed by atoms with Crippen LogP contribution in [-0.4, -0.2) is 59.4 Å². The van der Waals surface area contributed by atoms with Crippen molar-refractivity contribution in [3.63, 3.8) is 0 Å². The smallest absolute Gasteiger partial charge is 0.324 e. The molecule has 1 aromatic rings. The third kappa shape index (κ3) is 2.94. The summed E-state index contributed by atoms with van der Waals surface area (Å²) >= 11 is 0. The Bertz CT molecular complexity index is 558. The lowest BCUT2D eigenvalue weighted by Gasteiger charge is -2.36. The van der Waals surface area contributed by atoms with Crippen LogP contribution < -0.4 is 5.32 Å². The highest BCUT2D eigenvalue weighted by molar-refractivity contribution is 5.96. The minimum Gasteiger partial charge on any atom is -0.336 e. The highest BCUT2D eigenvalue weighted by Gasteiger charge is 2.38. The molecule has 7 heteroatoms. The van der Waals surface area contributed by atoms with Crippen molar-refractivity contribution in [1.29, 1.82) is 0 Å². The van der Waals surface area contributed by atoms with E-state index in [1.165, 1.54) is 4.90 Å². The number of likely N-dealkylation sites (tertiary alicyclic amines) is 1. The van der Waals surface area contributed by atoms with E-state index in [9.17, 15) is 14.0 Å². The molecule has 0 bridgehead atoms. The first kappa shape index (κ1) is 14.9. The first-order chi connectivity index (χ1) is 10.6. The van der Waals surface area contributed by atoms with Crippen LogP contribution in [0.3, 0.4) is 0 Å². The summed E-state index contributed by atoms with van der Waals surface area (Å²) in [4.78, 5) is 30.8. The number of hydrogen-bond donors (Lipinski definition) is 1. The van der Waals surface area contributed by atoms with Crippen molar-refractivity contribution in [1.82, 2.24) is 20.1 Å². The molecule has 3 heterocycles. The highest BCUT2D eigenvalue weighted by atomic mass is 19.1. The largest absolute Gasteiger partial charge is 0.336 e. The van der Waals surface area contributed by atoms with Crippen molar-refractivity contribution in [2.75, 3.05) is 32.7 Å². The van der Waals surface area contributed by atoms with E-state index in [0.717, 1.165) is 0 Å². The molecule has 118 valence electrons. The number of halogens is 1. The van der Waals surface area contributed by atoms with Crippen LogP contribution in [-0.2, 0) is 10.5 Å². The van der Waals surface area contributed by atoms with Gasteiger partial charge in [-0.3, -0.25) is 19.6 Å². The van der Waals surface area contributed by atoms with Crippen molar-refractivity contribution in [2.24, 2.45) is 0 Å². The summed E-state index contributed by atoms with van der Waals surface area (Å²) in [7, 11) is 0. The maximum Gasteiger partial charge on any atom is 0.324 e. The molecule has 2 aliphatic heterocycles. The molecule has 0 aliphatic carbocycles. The Hall–Kier alpha value is -2.02. The topological polar surface area (TPSA) is 65.5 Å². The number of urea groups is 1. The highest BCUT2D eigenvalue weighted by Crippen LogP contribution is 2.35. The molecule has 22 heavy (non-hydrogen) atoms. The van der Waals surface area contributed by atoms with Crippen molar-refractivity contribution < 1.29 is 14.0 Å².